The molecule has 2 aromatic heterocycles. The van der Waals surface area contributed by atoms with E-state index in [1.54, 1.807) is 30.3 Å². The van der Waals surface area contributed by atoms with Gasteiger partial charge in [0.25, 0.3) is 11.9 Å². The van der Waals surface area contributed by atoms with Crippen molar-refractivity contribution in [2.45, 2.75) is 0 Å². The number of anilines is 2. The summed E-state index contributed by atoms with van der Waals surface area (Å²) in [4.78, 5) is 16.4. The number of nitrogens with zero attached hydrogens (tertiary/aromatic N) is 4. The topological polar surface area (TPSA) is 122 Å². The molecule has 9 heteroatoms. The Morgan fingerprint density at radius 2 is 2.00 bits per heavy atom. The Hall–Kier alpha value is -2.29. The Kier molecular flexibility index (Phi) is 5.21. The van der Waals surface area contributed by atoms with Gasteiger partial charge < -0.3 is 5.73 Å². The first-order valence-electron chi connectivity index (χ1n) is 6.10. The predicted octanol–water partition coefficient (Wildman–Crippen LogP) is -1.90. The van der Waals surface area contributed by atoms with Crippen LogP contribution in [0.2, 0.25) is 0 Å². The number of amides is 1. The van der Waals surface area contributed by atoms with E-state index in [-0.39, 0.29) is 41.2 Å². The summed E-state index contributed by atoms with van der Waals surface area (Å²) in [5.74, 6) is -0.321. The van der Waals surface area contributed by atoms with Crippen LogP contribution in [0.4, 0.5) is 11.6 Å². The Bertz CT molecular complexity index is 776. The zero-order valence-corrected chi connectivity index (χ0v) is 13.8. The number of nitrogens with two attached hydrogens (primary N) is 1. The molecule has 3 rings (SSSR count). The minimum absolute atomic E-state index is 0. The van der Waals surface area contributed by atoms with Crippen LogP contribution >= 0.6 is 0 Å². The predicted molar refractivity (Wildman–Crippen MR) is 76.2 cm³/mol. The molecule has 0 aliphatic heterocycles. The third-order valence-electron chi connectivity index (χ3n) is 2.73. The van der Waals surface area contributed by atoms with Crippen molar-refractivity contribution >= 4 is 17.5 Å². The van der Waals surface area contributed by atoms with Crippen LogP contribution in [-0.4, -0.2) is 31.5 Å². The van der Waals surface area contributed by atoms with Crippen LogP contribution in [0, 0.1) is 0 Å². The maximum atomic E-state index is 12.0. The van der Waals surface area contributed by atoms with Gasteiger partial charge >= 0.3 is 29.6 Å². The number of benzene rings is 1. The molecule has 0 unspecified atom stereocenters. The minimum atomic E-state index is -0.415. The van der Waals surface area contributed by atoms with Crippen molar-refractivity contribution < 1.29 is 34.4 Å². The van der Waals surface area contributed by atoms with E-state index in [9.17, 15) is 4.79 Å². The van der Waals surface area contributed by atoms with Gasteiger partial charge in [0.2, 0.25) is 0 Å². The van der Waals surface area contributed by atoms with Gasteiger partial charge in [0.15, 0.2) is 0 Å². The van der Waals surface area contributed by atoms with Gasteiger partial charge in [-0.05, 0) is 29.5 Å². The van der Waals surface area contributed by atoms with Gasteiger partial charge in [0, 0.05) is 11.3 Å². The van der Waals surface area contributed by atoms with E-state index in [1.165, 1.54) is 0 Å². The zero-order valence-electron chi connectivity index (χ0n) is 11.8. The normalized spacial score (nSPS) is 9.82. The van der Waals surface area contributed by atoms with E-state index in [1.807, 2.05) is 12.1 Å². The van der Waals surface area contributed by atoms with Crippen LogP contribution in [-0.2, 0) is 0 Å². The fourth-order valence-corrected chi connectivity index (χ4v) is 1.80. The first-order valence-corrected chi connectivity index (χ1v) is 6.10. The number of H-pyrrole nitrogens is 1. The van der Waals surface area contributed by atoms with Gasteiger partial charge in [-0.3, -0.25) is 10.1 Å². The number of carbonyl (C=O) groups is 1. The van der Waals surface area contributed by atoms with E-state index < -0.39 is 5.91 Å². The average molecular weight is 304 g/mol. The molecule has 22 heavy (non-hydrogen) atoms. The second-order valence-electron chi connectivity index (χ2n) is 4.22. The summed E-state index contributed by atoms with van der Waals surface area (Å²) in [5.41, 5.74) is 8.13. The van der Waals surface area contributed by atoms with Crippen molar-refractivity contribution in [3.05, 3.63) is 48.2 Å². The van der Waals surface area contributed by atoms with Crippen molar-refractivity contribution in [3.8, 4) is 11.3 Å². The molecular weight excluding hydrogens is 293 g/mol. The van der Waals surface area contributed by atoms with Gasteiger partial charge in [-0.15, -0.1) is 5.10 Å². The van der Waals surface area contributed by atoms with Crippen LogP contribution in [0.3, 0.4) is 0 Å². The number of nitrogens with one attached hydrogen (secondary N) is 2. The molecule has 0 aliphatic carbocycles. The molecule has 8 nitrogen and oxygen atoms in total. The summed E-state index contributed by atoms with van der Waals surface area (Å²) < 4.78 is 0. The van der Waals surface area contributed by atoms with Crippen molar-refractivity contribution in [2.75, 3.05) is 11.1 Å². The number of rotatable bonds is 3. The second kappa shape index (κ2) is 7.12. The summed E-state index contributed by atoms with van der Waals surface area (Å²) >= 11 is 0. The smallest absolute Gasteiger partial charge is 0.399 e. The van der Waals surface area contributed by atoms with Gasteiger partial charge in [0.05, 0.1) is 5.69 Å². The van der Waals surface area contributed by atoms with Gasteiger partial charge in [-0.25, -0.2) is 4.98 Å². The number of hydrogen-bond donors (Lipinski definition) is 3. The summed E-state index contributed by atoms with van der Waals surface area (Å²) in [6.45, 7) is 0. The largest absolute Gasteiger partial charge is 1.00 e. The molecule has 0 aliphatic rings. The van der Waals surface area contributed by atoms with E-state index in [0.29, 0.717) is 11.4 Å². The van der Waals surface area contributed by atoms with E-state index >= 15 is 0 Å². The molecule has 0 saturated heterocycles. The molecule has 0 fully saturated rings. The van der Waals surface area contributed by atoms with E-state index in [2.05, 4.69) is 30.9 Å². The molecule has 1 aromatic carbocycles. The Balaban J connectivity index is 0.00000176. The average Bonchev–Trinajstić information content (AvgIpc) is 3.00. The van der Waals surface area contributed by atoms with Gasteiger partial charge in [-0.2, -0.15) is 5.21 Å². The minimum Gasteiger partial charge on any atom is -0.399 e. The van der Waals surface area contributed by atoms with E-state index in [4.69, 9.17) is 5.73 Å². The van der Waals surface area contributed by atoms with Crippen LogP contribution in [0.5, 0.6) is 0 Å². The van der Waals surface area contributed by atoms with Crippen LogP contribution < -0.4 is 40.6 Å². The maximum Gasteiger partial charge on any atom is 1.00 e. The number of pyridine rings is 1. The molecule has 1 amide bonds. The first-order chi connectivity index (χ1) is 10.2. The van der Waals surface area contributed by atoms with Gasteiger partial charge in [-0.1, -0.05) is 23.3 Å². The first kappa shape index (κ1) is 16.1. The number of carbonyl (C=O) groups excluding carboxylic acids is 1. The molecule has 3 aromatic rings. The molecule has 2 heterocycles. The number of hydrogen-bond acceptors (Lipinski definition) is 6. The van der Waals surface area contributed by atoms with Crippen molar-refractivity contribution in [3.63, 3.8) is 0 Å². The standard InChI is InChI=1S/C13H11N7O.Na/c14-9-4-1-3-8(7-9)10-5-2-6-11(15-10)12(21)16-13-17-19-20-18-13;/h1-7H,14H2,(H2,16,17,18,19,20,21);/q;+1. The number of nitrogen functional groups attached to an aromatic ring is 1. The zero-order chi connectivity index (χ0) is 14.7. The Labute approximate surface area is 147 Å². The quantitative estimate of drug-likeness (QED) is 0.384. The Morgan fingerprint density at radius 3 is 2.73 bits per heavy atom. The third-order valence-corrected chi connectivity index (χ3v) is 2.73. The molecule has 4 N–H and O–H groups in total. The number of aromatic amines is 1. The summed E-state index contributed by atoms with van der Waals surface area (Å²) in [5, 5.41) is 15.4. The SMILES string of the molecule is Nc1cccc(-c2cccc(C(=O)Nc3nn[nH]n3)n2)c1.[Na+]. The fraction of sp³-hybridized carbons (Fsp3) is 0. The van der Waals surface area contributed by atoms with Gasteiger partial charge in [0.1, 0.15) is 5.69 Å². The number of tetrazole rings is 1. The molecule has 0 bridgehead atoms. The van der Waals surface area contributed by atoms with Crippen LogP contribution in [0.1, 0.15) is 10.5 Å². The molecule has 104 valence electrons. The maximum absolute atomic E-state index is 12.0. The van der Waals surface area contributed by atoms with Crippen LogP contribution in [0.25, 0.3) is 11.3 Å². The molecule has 0 atom stereocenters. The summed E-state index contributed by atoms with van der Waals surface area (Å²) in [6, 6.07) is 12.4. The van der Waals surface area contributed by atoms with Crippen molar-refractivity contribution in [1.82, 2.24) is 25.6 Å². The summed E-state index contributed by atoms with van der Waals surface area (Å²) in [7, 11) is 0. The Morgan fingerprint density at radius 1 is 1.18 bits per heavy atom. The summed E-state index contributed by atoms with van der Waals surface area (Å²) in [6.07, 6.45) is 0. The monoisotopic (exact) mass is 304 g/mol. The van der Waals surface area contributed by atoms with E-state index in [0.717, 1.165) is 5.56 Å². The number of aromatic nitrogens is 5. The molecule has 0 radical (unpaired) electrons. The van der Waals surface area contributed by atoms with Crippen LogP contribution in [0.15, 0.2) is 42.5 Å². The molecule has 0 spiro atoms. The van der Waals surface area contributed by atoms with Crippen molar-refractivity contribution in [1.29, 1.82) is 0 Å². The third kappa shape index (κ3) is 3.67. The fourth-order valence-electron chi connectivity index (χ4n) is 1.80. The molecular formula is C13H11N7NaO+. The van der Waals surface area contributed by atoms with Crippen molar-refractivity contribution in [2.24, 2.45) is 0 Å². The second-order valence-corrected chi connectivity index (χ2v) is 4.22. The molecule has 0 saturated carbocycles.